The maximum atomic E-state index is 10.9. The van der Waals surface area contributed by atoms with Crippen LogP contribution in [0.3, 0.4) is 0 Å². The molecular formula is C12H17N5O3S. The highest BCUT2D eigenvalue weighted by molar-refractivity contribution is 8.00. The lowest BCUT2D eigenvalue weighted by Crippen LogP contribution is -2.44. The van der Waals surface area contributed by atoms with Gasteiger partial charge in [0.05, 0.1) is 10.5 Å². The van der Waals surface area contributed by atoms with Gasteiger partial charge in [-0.15, -0.1) is 0 Å². The molecule has 8 nitrogen and oxygen atoms in total. The molecule has 1 fully saturated rings. The number of nitro groups is 1. The average molecular weight is 311 g/mol. The topological polar surface area (TPSA) is 118 Å². The first-order chi connectivity index (χ1) is 9.84. The van der Waals surface area contributed by atoms with Gasteiger partial charge in [-0.05, 0) is 13.8 Å². The molecule has 0 radical (unpaired) electrons. The molecule has 1 saturated heterocycles. The summed E-state index contributed by atoms with van der Waals surface area (Å²) < 4.78 is 0.0457. The van der Waals surface area contributed by atoms with E-state index in [-0.39, 0.29) is 21.8 Å². The molecule has 1 aliphatic rings. The molecule has 0 saturated carbocycles. The van der Waals surface area contributed by atoms with Gasteiger partial charge >= 0.3 is 0 Å². The second-order valence-electron chi connectivity index (χ2n) is 5.34. The normalized spacial score (nSPS) is 18.6. The first kappa shape index (κ1) is 15.4. The zero-order chi connectivity index (χ0) is 15.6. The van der Waals surface area contributed by atoms with Crippen molar-refractivity contribution < 1.29 is 10.1 Å². The largest absolute Gasteiger partial charge is 0.409 e. The number of oxime groups is 1. The van der Waals surface area contributed by atoms with Crippen LogP contribution in [0.25, 0.3) is 0 Å². The van der Waals surface area contributed by atoms with Crippen molar-refractivity contribution in [1.82, 2.24) is 4.98 Å². The molecule has 2 rings (SSSR count). The second-order valence-corrected chi connectivity index (χ2v) is 7.14. The first-order valence-electron chi connectivity index (χ1n) is 6.35. The molecule has 0 bridgehead atoms. The summed E-state index contributed by atoms with van der Waals surface area (Å²) in [6.07, 6.45) is 1.19. The summed E-state index contributed by atoms with van der Waals surface area (Å²) >= 11 is 1.86. The van der Waals surface area contributed by atoms with Crippen molar-refractivity contribution in [3.05, 3.63) is 27.9 Å². The molecule has 114 valence electrons. The molecule has 3 N–H and O–H groups in total. The Morgan fingerprint density at radius 2 is 2.38 bits per heavy atom. The number of thioether (sulfide) groups is 1. The van der Waals surface area contributed by atoms with E-state index in [1.807, 2.05) is 16.7 Å². The Labute approximate surface area is 126 Å². The third-order valence-corrected chi connectivity index (χ3v) is 4.47. The third-order valence-electron chi connectivity index (χ3n) is 3.17. The monoisotopic (exact) mass is 311 g/mol. The van der Waals surface area contributed by atoms with Crippen molar-refractivity contribution in [2.24, 2.45) is 10.9 Å². The minimum atomic E-state index is -0.555. The summed E-state index contributed by atoms with van der Waals surface area (Å²) in [6.45, 7) is 5.73. The van der Waals surface area contributed by atoms with Gasteiger partial charge in [-0.1, -0.05) is 5.16 Å². The van der Waals surface area contributed by atoms with Crippen LogP contribution < -0.4 is 10.6 Å². The summed E-state index contributed by atoms with van der Waals surface area (Å²) in [6, 6.07) is 1.28. The van der Waals surface area contributed by atoms with Gasteiger partial charge in [0, 0.05) is 29.7 Å². The fourth-order valence-corrected chi connectivity index (χ4v) is 3.35. The van der Waals surface area contributed by atoms with Crippen LogP contribution in [-0.4, -0.2) is 44.5 Å². The van der Waals surface area contributed by atoms with Crippen molar-refractivity contribution in [3.63, 3.8) is 0 Å². The van der Waals surface area contributed by atoms with E-state index in [9.17, 15) is 10.1 Å². The fraction of sp³-hybridized carbons (Fsp3) is 0.500. The summed E-state index contributed by atoms with van der Waals surface area (Å²) in [4.78, 5) is 16.5. The van der Waals surface area contributed by atoms with Crippen LogP contribution in [0.4, 0.5) is 11.5 Å². The van der Waals surface area contributed by atoms with Crippen molar-refractivity contribution in [1.29, 1.82) is 0 Å². The Morgan fingerprint density at radius 1 is 1.67 bits per heavy atom. The zero-order valence-electron chi connectivity index (χ0n) is 11.8. The van der Waals surface area contributed by atoms with Gasteiger partial charge in [0.25, 0.3) is 5.69 Å². The fourth-order valence-electron chi connectivity index (χ4n) is 2.24. The summed E-state index contributed by atoms with van der Waals surface area (Å²) in [5, 5.41) is 22.7. The minimum absolute atomic E-state index is 0.0457. The molecule has 0 amide bonds. The number of hydrogen-bond acceptors (Lipinski definition) is 7. The van der Waals surface area contributed by atoms with Crippen molar-refractivity contribution in [3.8, 4) is 0 Å². The number of pyridine rings is 1. The number of rotatable bonds is 3. The highest BCUT2D eigenvalue weighted by Crippen LogP contribution is 2.33. The number of aromatic nitrogens is 1. The average Bonchev–Trinajstić information content (AvgIpc) is 2.44. The smallest absolute Gasteiger partial charge is 0.288 e. The predicted octanol–water partition coefficient (Wildman–Crippen LogP) is 1.42. The molecule has 21 heavy (non-hydrogen) atoms. The van der Waals surface area contributed by atoms with Gasteiger partial charge < -0.3 is 15.8 Å². The van der Waals surface area contributed by atoms with E-state index >= 15 is 0 Å². The number of nitrogens with zero attached hydrogens (tertiary/aromatic N) is 4. The molecular weight excluding hydrogens is 294 g/mol. The van der Waals surface area contributed by atoms with Crippen LogP contribution in [-0.2, 0) is 0 Å². The predicted molar refractivity (Wildman–Crippen MR) is 82.2 cm³/mol. The Kier molecular flexibility index (Phi) is 4.21. The molecule has 9 heteroatoms. The van der Waals surface area contributed by atoms with Crippen LogP contribution >= 0.6 is 11.8 Å². The number of hydrogen-bond donors (Lipinski definition) is 2. The molecule has 0 atom stereocenters. The Hall–Kier alpha value is -2.03. The van der Waals surface area contributed by atoms with Gasteiger partial charge in [0.15, 0.2) is 5.84 Å². The van der Waals surface area contributed by atoms with Crippen molar-refractivity contribution in [2.45, 2.75) is 18.6 Å². The van der Waals surface area contributed by atoms with E-state index in [4.69, 9.17) is 10.9 Å². The quantitative estimate of drug-likeness (QED) is 0.285. The van der Waals surface area contributed by atoms with Crippen LogP contribution in [0.1, 0.15) is 19.4 Å². The van der Waals surface area contributed by atoms with E-state index in [1.54, 1.807) is 0 Å². The van der Waals surface area contributed by atoms with Gasteiger partial charge in [-0.2, -0.15) is 11.8 Å². The second kappa shape index (κ2) is 5.76. The molecule has 1 aromatic rings. The van der Waals surface area contributed by atoms with E-state index in [0.29, 0.717) is 5.82 Å². The van der Waals surface area contributed by atoms with Gasteiger partial charge in [0.1, 0.15) is 12.0 Å². The lowest BCUT2D eigenvalue weighted by atomic mass is 10.1. The highest BCUT2D eigenvalue weighted by atomic mass is 32.2. The maximum Gasteiger partial charge on any atom is 0.288 e. The minimum Gasteiger partial charge on any atom is -0.409 e. The molecule has 0 aliphatic carbocycles. The van der Waals surface area contributed by atoms with E-state index in [1.165, 1.54) is 12.3 Å². The lowest BCUT2D eigenvalue weighted by molar-refractivity contribution is -0.385. The number of anilines is 1. The molecule has 0 aromatic carbocycles. The van der Waals surface area contributed by atoms with Crippen LogP contribution in [0.5, 0.6) is 0 Å². The van der Waals surface area contributed by atoms with Crippen molar-refractivity contribution in [2.75, 3.05) is 23.7 Å². The van der Waals surface area contributed by atoms with Crippen LogP contribution in [0.2, 0.25) is 0 Å². The highest BCUT2D eigenvalue weighted by Gasteiger charge is 2.30. The lowest BCUT2D eigenvalue weighted by Gasteiger charge is -2.38. The van der Waals surface area contributed by atoms with Gasteiger partial charge in [-0.3, -0.25) is 10.1 Å². The summed E-state index contributed by atoms with van der Waals surface area (Å²) in [5.41, 5.74) is 5.73. The number of nitrogens with two attached hydrogens (primary N) is 1. The van der Waals surface area contributed by atoms with E-state index < -0.39 is 4.92 Å². The van der Waals surface area contributed by atoms with Gasteiger partial charge in [-0.25, -0.2) is 4.98 Å². The van der Waals surface area contributed by atoms with Crippen LogP contribution in [0, 0.1) is 10.1 Å². The standard InChI is InChI=1S/C12H17N5O3S/c1-12(2)7-16(3-4-21-12)11-9(10(13)15-18)5-8(6-14-11)17(19)20/h5-6,18H,3-4,7H2,1-2H3,(H2,13,15). The summed E-state index contributed by atoms with van der Waals surface area (Å²) in [5.74, 6) is 1.24. The van der Waals surface area contributed by atoms with E-state index in [0.717, 1.165) is 18.8 Å². The molecule has 0 spiro atoms. The third kappa shape index (κ3) is 3.35. The SMILES string of the molecule is CC1(C)CN(c2ncc([N+](=O)[O-])cc2C(N)=NO)CCS1. The Bertz CT molecular complexity index is 590. The van der Waals surface area contributed by atoms with Crippen molar-refractivity contribution >= 4 is 29.1 Å². The van der Waals surface area contributed by atoms with Crippen LogP contribution in [0.15, 0.2) is 17.4 Å². The molecule has 1 aromatic heterocycles. The summed E-state index contributed by atoms with van der Waals surface area (Å²) in [7, 11) is 0. The van der Waals surface area contributed by atoms with E-state index in [2.05, 4.69) is 24.0 Å². The first-order valence-corrected chi connectivity index (χ1v) is 7.34. The Morgan fingerprint density at radius 3 is 2.95 bits per heavy atom. The Balaban J connectivity index is 2.45. The number of amidine groups is 1. The zero-order valence-corrected chi connectivity index (χ0v) is 12.6. The molecule has 2 heterocycles. The molecule has 0 unspecified atom stereocenters. The molecule has 1 aliphatic heterocycles. The maximum absolute atomic E-state index is 10.9. The van der Waals surface area contributed by atoms with Gasteiger partial charge in [0.2, 0.25) is 0 Å².